The molecule has 0 aliphatic carbocycles. The number of aromatic nitrogens is 2. The number of likely N-dealkylation sites (tertiary alicyclic amines) is 1. The van der Waals surface area contributed by atoms with Crippen LogP contribution in [0.5, 0.6) is 5.88 Å². The number of carbonyl (C=O) groups is 1. The Hall–Kier alpha value is -2.09. The molecule has 2 aliphatic heterocycles. The van der Waals surface area contributed by atoms with Crippen molar-refractivity contribution in [3.05, 3.63) is 6.07 Å². The molecule has 1 aromatic heterocycles. The van der Waals surface area contributed by atoms with Crippen LogP contribution >= 0.6 is 0 Å². The average Bonchev–Trinajstić information content (AvgIpc) is 2.58. The first-order valence-electron chi connectivity index (χ1n) is 9.36. The summed E-state index contributed by atoms with van der Waals surface area (Å²) in [5.41, 5.74) is 5.92. The molecule has 3 rings (SSSR count). The van der Waals surface area contributed by atoms with Crippen LogP contribution in [0.15, 0.2) is 6.07 Å². The van der Waals surface area contributed by atoms with Gasteiger partial charge in [0.15, 0.2) is 0 Å². The number of rotatable bonds is 5. The number of hydrogen-bond acceptors (Lipinski definition) is 7. The van der Waals surface area contributed by atoms with Crippen LogP contribution < -0.4 is 15.4 Å². The normalized spacial score (nSPS) is 23.8. The van der Waals surface area contributed by atoms with E-state index in [1.807, 2.05) is 19.9 Å². The SMILES string of the molecule is CC(C)Oc1cc(N2CCC[C@]3(CCC(=O)N(CCO)C3)C2)nc(N)n1. The van der Waals surface area contributed by atoms with E-state index in [0.29, 0.717) is 25.4 Å². The zero-order valence-electron chi connectivity index (χ0n) is 15.6. The van der Waals surface area contributed by atoms with Gasteiger partial charge >= 0.3 is 0 Å². The Bertz CT molecular complexity index is 654. The van der Waals surface area contributed by atoms with Gasteiger partial charge in [-0.1, -0.05) is 0 Å². The van der Waals surface area contributed by atoms with Crippen molar-refractivity contribution in [3.8, 4) is 5.88 Å². The lowest BCUT2D eigenvalue weighted by atomic mass is 9.73. The van der Waals surface area contributed by atoms with Gasteiger partial charge in [-0.25, -0.2) is 0 Å². The second kappa shape index (κ2) is 7.65. The Labute approximate surface area is 154 Å². The lowest BCUT2D eigenvalue weighted by molar-refractivity contribution is -0.138. The summed E-state index contributed by atoms with van der Waals surface area (Å²) in [7, 11) is 0. The number of anilines is 2. The van der Waals surface area contributed by atoms with Gasteiger partial charge in [0.25, 0.3) is 0 Å². The number of nitrogens with zero attached hydrogens (tertiary/aromatic N) is 4. The summed E-state index contributed by atoms with van der Waals surface area (Å²) >= 11 is 0. The zero-order valence-corrected chi connectivity index (χ0v) is 15.6. The van der Waals surface area contributed by atoms with Crippen LogP contribution in [0.3, 0.4) is 0 Å². The quantitative estimate of drug-likeness (QED) is 0.805. The largest absolute Gasteiger partial charge is 0.475 e. The Balaban J connectivity index is 1.78. The first kappa shape index (κ1) is 18.7. The first-order chi connectivity index (χ1) is 12.4. The van der Waals surface area contributed by atoms with E-state index in [9.17, 15) is 9.90 Å². The van der Waals surface area contributed by atoms with Crippen molar-refractivity contribution in [1.82, 2.24) is 14.9 Å². The fourth-order valence-corrected chi connectivity index (χ4v) is 4.06. The number of amides is 1. The molecule has 0 saturated carbocycles. The molecule has 0 aromatic carbocycles. The second-order valence-electron chi connectivity index (χ2n) is 7.65. The van der Waals surface area contributed by atoms with Crippen molar-refractivity contribution in [1.29, 1.82) is 0 Å². The van der Waals surface area contributed by atoms with Gasteiger partial charge in [0.05, 0.1) is 12.7 Å². The minimum absolute atomic E-state index is 0.00385. The number of aliphatic hydroxyl groups excluding tert-OH is 1. The van der Waals surface area contributed by atoms with Gasteiger partial charge in [-0.15, -0.1) is 0 Å². The van der Waals surface area contributed by atoms with E-state index < -0.39 is 0 Å². The topological polar surface area (TPSA) is 105 Å². The van der Waals surface area contributed by atoms with Crippen molar-refractivity contribution in [2.45, 2.75) is 45.6 Å². The van der Waals surface area contributed by atoms with Gasteiger partial charge in [0.2, 0.25) is 17.7 Å². The molecule has 1 atom stereocenters. The summed E-state index contributed by atoms with van der Waals surface area (Å²) in [6, 6.07) is 1.84. The molecular formula is C18H29N5O3. The molecule has 26 heavy (non-hydrogen) atoms. The number of β-amino-alcohol motifs (C(OH)–C–C–N with tert-alkyl or cyclic N) is 1. The van der Waals surface area contributed by atoms with E-state index >= 15 is 0 Å². The lowest BCUT2D eigenvalue weighted by Crippen LogP contribution is -2.54. The maximum atomic E-state index is 12.1. The van der Waals surface area contributed by atoms with E-state index in [4.69, 9.17) is 10.5 Å². The zero-order chi connectivity index (χ0) is 18.7. The van der Waals surface area contributed by atoms with Crippen molar-refractivity contribution in [2.24, 2.45) is 5.41 Å². The Kier molecular flexibility index (Phi) is 5.50. The average molecular weight is 363 g/mol. The minimum atomic E-state index is 0.00385. The molecule has 0 unspecified atom stereocenters. The van der Waals surface area contributed by atoms with Crippen LogP contribution in [0.1, 0.15) is 39.5 Å². The predicted octanol–water partition coefficient (Wildman–Crippen LogP) is 1.05. The van der Waals surface area contributed by atoms with E-state index in [-0.39, 0.29) is 30.0 Å². The van der Waals surface area contributed by atoms with Crippen LogP contribution in [0.2, 0.25) is 0 Å². The molecule has 8 heteroatoms. The molecule has 1 spiro atoms. The summed E-state index contributed by atoms with van der Waals surface area (Å²) in [6.45, 7) is 6.72. The van der Waals surface area contributed by atoms with E-state index in [1.54, 1.807) is 4.90 Å². The van der Waals surface area contributed by atoms with E-state index in [2.05, 4.69) is 14.9 Å². The fraction of sp³-hybridized carbons (Fsp3) is 0.722. The van der Waals surface area contributed by atoms with E-state index in [0.717, 1.165) is 38.2 Å². The summed E-state index contributed by atoms with van der Waals surface area (Å²) in [4.78, 5) is 24.7. The first-order valence-corrected chi connectivity index (χ1v) is 9.36. The van der Waals surface area contributed by atoms with Gasteiger partial charge in [-0.05, 0) is 33.1 Å². The highest BCUT2D eigenvalue weighted by atomic mass is 16.5. The summed E-state index contributed by atoms with van der Waals surface area (Å²) < 4.78 is 5.69. The van der Waals surface area contributed by atoms with E-state index in [1.165, 1.54) is 0 Å². The molecule has 3 N–H and O–H groups in total. The second-order valence-corrected chi connectivity index (χ2v) is 7.65. The third-order valence-electron chi connectivity index (χ3n) is 5.17. The third-order valence-corrected chi connectivity index (χ3v) is 5.17. The lowest BCUT2D eigenvalue weighted by Gasteiger charge is -2.48. The summed E-state index contributed by atoms with van der Waals surface area (Å²) in [5, 5.41) is 9.24. The monoisotopic (exact) mass is 363 g/mol. The van der Waals surface area contributed by atoms with Gasteiger partial charge in [0, 0.05) is 44.1 Å². The number of nitrogen functional groups attached to an aromatic ring is 1. The smallest absolute Gasteiger partial charge is 0.225 e. The highest BCUT2D eigenvalue weighted by Crippen LogP contribution is 2.40. The molecule has 2 fully saturated rings. The van der Waals surface area contributed by atoms with Crippen molar-refractivity contribution >= 4 is 17.7 Å². The number of ether oxygens (including phenoxy) is 1. The van der Waals surface area contributed by atoms with Crippen LogP contribution in [-0.2, 0) is 4.79 Å². The number of piperidine rings is 2. The molecular weight excluding hydrogens is 334 g/mol. The van der Waals surface area contributed by atoms with Gasteiger partial charge in [0.1, 0.15) is 5.82 Å². The molecule has 1 amide bonds. The van der Waals surface area contributed by atoms with Crippen molar-refractivity contribution in [2.75, 3.05) is 43.4 Å². The maximum Gasteiger partial charge on any atom is 0.225 e. The highest BCUT2D eigenvalue weighted by Gasteiger charge is 2.42. The van der Waals surface area contributed by atoms with Crippen molar-refractivity contribution in [3.63, 3.8) is 0 Å². The molecule has 0 bridgehead atoms. The number of nitrogens with two attached hydrogens (primary N) is 1. The van der Waals surface area contributed by atoms with Crippen LogP contribution in [0, 0.1) is 5.41 Å². The summed E-state index contributed by atoms with van der Waals surface area (Å²) in [5.74, 6) is 1.61. The molecule has 144 valence electrons. The number of carbonyl (C=O) groups excluding carboxylic acids is 1. The Morgan fingerprint density at radius 2 is 2.15 bits per heavy atom. The maximum absolute atomic E-state index is 12.1. The number of hydrogen-bond donors (Lipinski definition) is 2. The fourth-order valence-electron chi connectivity index (χ4n) is 4.06. The van der Waals surface area contributed by atoms with Gasteiger partial charge in [-0.2, -0.15) is 9.97 Å². The number of aliphatic hydroxyl groups is 1. The van der Waals surface area contributed by atoms with Gasteiger partial charge < -0.3 is 25.4 Å². The molecule has 2 aliphatic rings. The van der Waals surface area contributed by atoms with Crippen LogP contribution in [0.25, 0.3) is 0 Å². The van der Waals surface area contributed by atoms with Crippen LogP contribution in [0.4, 0.5) is 11.8 Å². The molecule has 3 heterocycles. The third kappa shape index (κ3) is 4.17. The molecule has 2 saturated heterocycles. The Morgan fingerprint density at radius 1 is 1.35 bits per heavy atom. The molecule has 0 radical (unpaired) electrons. The molecule has 1 aromatic rings. The van der Waals surface area contributed by atoms with Crippen LogP contribution in [-0.4, -0.2) is 64.8 Å². The Morgan fingerprint density at radius 3 is 2.88 bits per heavy atom. The predicted molar refractivity (Wildman–Crippen MR) is 99.0 cm³/mol. The minimum Gasteiger partial charge on any atom is -0.475 e. The van der Waals surface area contributed by atoms with Gasteiger partial charge in [-0.3, -0.25) is 4.79 Å². The highest BCUT2D eigenvalue weighted by molar-refractivity contribution is 5.77. The summed E-state index contributed by atoms with van der Waals surface area (Å²) in [6.07, 6.45) is 3.54. The standard InChI is InChI=1S/C18H29N5O3/c1-13(2)26-15-10-14(20-17(19)21-15)22-7-3-5-18(11-22)6-4-16(25)23(12-18)8-9-24/h10,13,24H,3-9,11-12H2,1-2H3,(H2,19,20,21)/t18-/m0/s1. The molecule has 8 nitrogen and oxygen atoms in total. The van der Waals surface area contributed by atoms with Crippen molar-refractivity contribution < 1.29 is 14.6 Å².